The summed E-state index contributed by atoms with van der Waals surface area (Å²) in [7, 11) is 0. The third-order valence-corrected chi connectivity index (χ3v) is 4.48. The van der Waals surface area contributed by atoms with Crippen LogP contribution in [0.4, 0.5) is 5.69 Å². The van der Waals surface area contributed by atoms with Crippen molar-refractivity contribution < 1.29 is 4.79 Å². The number of hydrogen-bond donors (Lipinski definition) is 1. The molecule has 0 spiro atoms. The number of carbonyl (C=O) groups is 1. The Labute approximate surface area is 129 Å². The lowest BCUT2D eigenvalue weighted by Gasteiger charge is -2.24. The molecule has 1 N–H and O–H groups in total. The largest absolute Gasteiger partial charge is 0.370 e. The molecule has 110 valence electrons. The van der Waals surface area contributed by atoms with Crippen molar-refractivity contribution in [2.45, 2.75) is 6.42 Å². The Morgan fingerprint density at radius 3 is 2.68 bits per heavy atom. The smallest absolute Gasteiger partial charge is 0.233 e. The molecule has 0 aliphatic carbocycles. The van der Waals surface area contributed by atoms with Crippen LogP contribution in [-0.4, -0.2) is 23.9 Å². The van der Waals surface area contributed by atoms with Crippen LogP contribution in [0.15, 0.2) is 54.6 Å². The van der Waals surface area contributed by atoms with Crippen molar-refractivity contribution in [3.63, 3.8) is 0 Å². The fourth-order valence-corrected chi connectivity index (χ4v) is 3.43. The van der Waals surface area contributed by atoms with Crippen molar-refractivity contribution in [1.29, 1.82) is 0 Å². The van der Waals surface area contributed by atoms with E-state index in [9.17, 15) is 4.79 Å². The van der Waals surface area contributed by atoms with E-state index in [0.29, 0.717) is 0 Å². The summed E-state index contributed by atoms with van der Waals surface area (Å²) in [6.07, 6.45) is 3.13. The molecule has 1 unspecified atom stereocenters. The van der Waals surface area contributed by atoms with Crippen molar-refractivity contribution in [2.75, 3.05) is 18.4 Å². The molecule has 0 aromatic heterocycles. The van der Waals surface area contributed by atoms with E-state index in [1.807, 2.05) is 36.4 Å². The van der Waals surface area contributed by atoms with E-state index in [4.69, 9.17) is 0 Å². The first-order valence-corrected chi connectivity index (χ1v) is 7.73. The van der Waals surface area contributed by atoms with Crippen LogP contribution in [-0.2, 0) is 4.79 Å². The molecule has 3 nitrogen and oxygen atoms in total. The monoisotopic (exact) mass is 290 g/mol. The molecule has 1 saturated heterocycles. The van der Waals surface area contributed by atoms with Gasteiger partial charge >= 0.3 is 0 Å². The van der Waals surface area contributed by atoms with Crippen molar-refractivity contribution >= 4 is 23.4 Å². The zero-order valence-electron chi connectivity index (χ0n) is 12.3. The van der Waals surface area contributed by atoms with Gasteiger partial charge in [-0.15, -0.1) is 0 Å². The Balaban J connectivity index is 1.72. The molecule has 2 aliphatic heterocycles. The molecule has 1 amide bonds. The van der Waals surface area contributed by atoms with Gasteiger partial charge in [-0.1, -0.05) is 48.5 Å². The van der Waals surface area contributed by atoms with E-state index < -0.39 is 0 Å². The maximum absolute atomic E-state index is 12.7. The zero-order valence-corrected chi connectivity index (χ0v) is 12.3. The lowest BCUT2D eigenvalue weighted by atomic mass is 10.00. The molecule has 4 rings (SSSR count). The summed E-state index contributed by atoms with van der Waals surface area (Å²) >= 11 is 0. The number of nitrogens with one attached hydrogen (secondary N) is 1. The highest BCUT2D eigenvalue weighted by Gasteiger charge is 2.34. The van der Waals surface area contributed by atoms with Gasteiger partial charge in [0.05, 0.1) is 5.92 Å². The van der Waals surface area contributed by atoms with E-state index in [0.717, 1.165) is 25.2 Å². The van der Waals surface area contributed by atoms with Crippen molar-refractivity contribution in [3.8, 4) is 0 Å². The molecule has 1 atom stereocenters. The first-order valence-electron chi connectivity index (χ1n) is 7.73. The van der Waals surface area contributed by atoms with E-state index >= 15 is 0 Å². The van der Waals surface area contributed by atoms with Crippen molar-refractivity contribution in [1.82, 2.24) is 4.90 Å². The van der Waals surface area contributed by atoms with Crippen molar-refractivity contribution in [2.24, 2.45) is 5.92 Å². The lowest BCUT2D eigenvalue weighted by Crippen LogP contribution is -2.40. The van der Waals surface area contributed by atoms with Crippen LogP contribution in [0.1, 0.15) is 6.42 Å². The van der Waals surface area contributed by atoms with Crippen LogP contribution in [0.25, 0.3) is 11.8 Å². The highest BCUT2D eigenvalue weighted by molar-refractivity contribution is 5.98. The molecule has 2 heterocycles. The fourth-order valence-electron chi connectivity index (χ4n) is 3.43. The first kappa shape index (κ1) is 13.1. The quantitative estimate of drug-likeness (QED) is 0.910. The number of anilines is 1. The van der Waals surface area contributed by atoms with Crippen LogP contribution < -0.4 is 15.8 Å². The topological polar surface area (TPSA) is 32.3 Å². The van der Waals surface area contributed by atoms with E-state index in [1.165, 1.54) is 16.1 Å². The summed E-state index contributed by atoms with van der Waals surface area (Å²) in [5.41, 5.74) is 2.05. The van der Waals surface area contributed by atoms with Gasteiger partial charge in [0.15, 0.2) is 0 Å². The number of amides is 1. The number of carbonyl (C=O) groups excluding carboxylic acids is 1. The Kier molecular flexibility index (Phi) is 3.19. The molecule has 3 heteroatoms. The zero-order chi connectivity index (χ0) is 14.9. The first-order chi connectivity index (χ1) is 10.8. The van der Waals surface area contributed by atoms with Gasteiger partial charge in [-0.2, -0.15) is 0 Å². The third kappa shape index (κ3) is 2.19. The number of nitrogens with zero attached hydrogens (tertiary/aromatic N) is 1. The fraction of sp³-hybridized carbons (Fsp3) is 0.211. The van der Waals surface area contributed by atoms with Crippen LogP contribution in [0, 0.1) is 5.92 Å². The van der Waals surface area contributed by atoms with Gasteiger partial charge in [0, 0.05) is 29.7 Å². The van der Waals surface area contributed by atoms with Crippen LogP contribution in [0.3, 0.4) is 0 Å². The SMILES string of the molecule is O=C(Nc1ccccc1)C1CCN2CC=c3ccccc3=C12. The van der Waals surface area contributed by atoms with Gasteiger partial charge in [-0.05, 0) is 23.8 Å². The molecular formula is C19H18N2O. The van der Waals surface area contributed by atoms with Gasteiger partial charge < -0.3 is 10.2 Å². The van der Waals surface area contributed by atoms with E-state index in [2.05, 4.69) is 34.5 Å². The highest BCUT2D eigenvalue weighted by Crippen LogP contribution is 2.30. The standard InChI is InChI=1S/C19H18N2O/c22-19(20-15-7-2-1-3-8-15)17-11-13-21-12-10-14-6-4-5-9-16(14)18(17)21/h1-10,17H,11-13H2,(H,20,22). The number of para-hydroxylation sites is 1. The Morgan fingerprint density at radius 1 is 1.05 bits per heavy atom. The molecule has 2 aliphatic rings. The maximum atomic E-state index is 12.7. The van der Waals surface area contributed by atoms with Gasteiger partial charge in [0.25, 0.3) is 0 Å². The summed E-state index contributed by atoms with van der Waals surface area (Å²) < 4.78 is 0. The van der Waals surface area contributed by atoms with Crippen LogP contribution in [0.5, 0.6) is 0 Å². The van der Waals surface area contributed by atoms with E-state index in [-0.39, 0.29) is 11.8 Å². The third-order valence-electron chi connectivity index (χ3n) is 4.48. The molecule has 0 saturated carbocycles. The lowest BCUT2D eigenvalue weighted by molar-refractivity contribution is -0.118. The van der Waals surface area contributed by atoms with Crippen molar-refractivity contribution in [3.05, 3.63) is 65.0 Å². The highest BCUT2D eigenvalue weighted by atomic mass is 16.2. The van der Waals surface area contributed by atoms with Gasteiger partial charge in [-0.3, -0.25) is 4.79 Å². The second-order valence-electron chi connectivity index (χ2n) is 5.82. The molecule has 22 heavy (non-hydrogen) atoms. The summed E-state index contributed by atoms with van der Waals surface area (Å²) in [6, 6.07) is 18.0. The van der Waals surface area contributed by atoms with E-state index in [1.54, 1.807) is 0 Å². The van der Waals surface area contributed by atoms with Gasteiger partial charge in [-0.25, -0.2) is 0 Å². The van der Waals surface area contributed by atoms with Crippen LogP contribution in [0.2, 0.25) is 0 Å². The summed E-state index contributed by atoms with van der Waals surface area (Å²) in [5, 5.41) is 5.50. The second-order valence-corrected chi connectivity index (χ2v) is 5.82. The average molecular weight is 290 g/mol. The minimum atomic E-state index is -0.0601. The maximum Gasteiger partial charge on any atom is 0.233 e. The van der Waals surface area contributed by atoms with Gasteiger partial charge in [0.1, 0.15) is 0 Å². The minimum Gasteiger partial charge on any atom is -0.370 e. The Morgan fingerprint density at radius 2 is 1.82 bits per heavy atom. The summed E-state index contributed by atoms with van der Waals surface area (Å²) in [6.45, 7) is 1.86. The Hall–Kier alpha value is -2.55. The molecule has 1 fully saturated rings. The average Bonchev–Trinajstić information content (AvgIpc) is 3.00. The molecule has 0 radical (unpaired) electrons. The van der Waals surface area contributed by atoms with Crippen LogP contribution >= 0.6 is 0 Å². The number of fused-ring (bicyclic) bond motifs is 2. The summed E-state index contributed by atoms with van der Waals surface area (Å²) in [5.74, 6) is 0.0375. The summed E-state index contributed by atoms with van der Waals surface area (Å²) in [4.78, 5) is 15.0. The molecule has 0 bridgehead atoms. The van der Waals surface area contributed by atoms with Gasteiger partial charge in [0.2, 0.25) is 5.91 Å². The predicted octanol–water partition coefficient (Wildman–Crippen LogP) is 1.55. The second kappa shape index (κ2) is 5.34. The normalized spacial score (nSPS) is 19.2. The minimum absolute atomic E-state index is 0.0601. The number of rotatable bonds is 2. The number of benzene rings is 2. The molecule has 2 aromatic rings. The predicted molar refractivity (Wildman–Crippen MR) is 88.3 cm³/mol. The number of hydrogen-bond acceptors (Lipinski definition) is 2. The molecular weight excluding hydrogens is 272 g/mol. The Bertz CT molecular complexity index is 826. The molecule has 2 aromatic carbocycles.